The highest BCUT2D eigenvalue weighted by molar-refractivity contribution is 5.83. The monoisotopic (exact) mass is 232 g/mol. The van der Waals surface area contributed by atoms with Gasteiger partial charge in [0.25, 0.3) is 0 Å². The number of hydrogen-bond acceptors (Lipinski definition) is 0. The van der Waals surface area contributed by atoms with E-state index >= 15 is 0 Å². The van der Waals surface area contributed by atoms with Gasteiger partial charge in [-0.1, -0.05) is 42.5 Å². The lowest BCUT2D eigenvalue weighted by Crippen LogP contribution is -2.42. The summed E-state index contributed by atoms with van der Waals surface area (Å²) >= 11 is 0. The topological polar surface area (TPSA) is 3.88 Å². The molecule has 3 aromatic rings. The standard InChI is InChI=1S/C17H14N/c1-2-7-15-12-18-10-9-13-5-3-4-8-16(13)17(18)11-14(15)6-1/h1-10H,11-12H2/q+1. The van der Waals surface area contributed by atoms with Crippen molar-refractivity contribution in [1.82, 2.24) is 0 Å². The van der Waals surface area contributed by atoms with Gasteiger partial charge in [-0.2, -0.15) is 4.57 Å². The Morgan fingerprint density at radius 1 is 0.778 bits per heavy atom. The van der Waals surface area contributed by atoms with E-state index in [0.29, 0.717) is 0 Å². The summed E-state index contributed by atoms with van der Waals surface area (Å²) in [4.78, 5) is 0. The Labute approximate surface area is 106 Å². The molecule has 0 aliphatic carbocycles. The van der Waals surface area contributed by atoms with Crippen LogP contribution in [-0.2, 0) is 13.0 Å². The van der Waals surface area contributed by atoms with Crippen LogP contribution < -0.4 is 4.57 Å². The van der Waals surface area contributed by atoms with Crippen molar-refractivity contribution in [1.29, 1.82) is 0 Å². The summed E-state index contributed by atoms with van der Waals surface area (Å²) in [5.74, 6) is 0. The highest BCUT2D eigenvalue weighted by Crippen LogP contribution is 2.23. The fourth-order valence-corrected chi connectivity index (χ4v) is 2.91. The minimum absolute atomic E-state index is 0.996. The third kappa shape index (κ3) is 1.37. The van der Waals surface area contributed by atoms with Crippen LogP contribution >= 0.6 is 0 Å². The average molecular weight is 232 g/mol. The van der Waals surface area contributed by atoms with Crippen molar-refractivity contribution in [2.24, 2.45) is 0 Å². The fourth-order valence-electron chi connectivity index (χ4n) is 2.91. The van der Waals surface area contributed by atoms with Gasteiger partial charge in [0.15, 0.2) is 18.4 Å². The number of aromatic nitrogens is 1. The number of fused-ring (bicyclic) bond motifs is 4. The fraction of sp³-hybridized carbons (Fsp3) is 0.118. The van der Waals surface area contributed by atoms with Crippen LogP contribution in [-0.4, -0.2) is 0 Å². The predicted octanol–water partition coefficient (Wildman–Crippen LogP) is 3.08. The van der Waals surface area contributed by atoms with Gasteiger partial charge in [-0.3, -0.25) is 0 Å². The van der Waals surface area contributed by atoms with Crippen LogP contribution in [0.15, 0.2) is 60.8 Å². The first-order valence-electron chi connectivity index (χ1n) is 6.39. The molecule has 18 heavy (non-hydrogen) atoms. The van der Waals surface area contributed by atoms with Crippen molar-refractivity contribution in [2.75, 3.05) is 0 Å². The zero-order valence-electron chi connectivity index (χ0n) is 10.1. The van der Waals surface area contributed by atoms with Gasteiger partial charge in [0.1, 0.15) is 0 Å². The SMILES string of the molecule is c1ccc2c(c1)Cc1c3ccccc3cc[n+]1C2. The van der Waals surface area contributed by atoms with Crippen LogP contribution in [0.25, 0.3) is 10.8 Å². The van der Waals surface area contributed by atoms with Gasteiger partial charge < -0.3 is 0 Å². The molecule has 4 rings (SSSR count). The third-order valence-corrected chi connectivity index (χ3v) is 3.87. The van der Waals surface area contributed by atoms with Crippen LogP contribution in [0.5, 0.6) is 0 Å². The lowest BCUT2D eigenvalue weighted by molar-refractivity contribution is -0.696. The van der Waals surface area contributed by atoms with Gasteiger partial charge in [-0.15, -0.1) is 0 Å². The molecule has 1 nitrogen and oxygen atoms in total. The largest absolute Gasteiger partial charge is 0.197 e. The molecule has 0 N–H and O–H groups in total. The summed E-state index contributed by atoms with van der Waals surface area (Å²) in [5, 5.41) is 2.72. The molecule has 1 heteroatoms. The minimum atomic E-state index is 0.996. The lowest BCUT2D eigenvalue weighted by Gasteiger charge is -2.15. The molecule has 0 unspecified atom stereocenters. The van der Waals surface area contributed by atoms with E-state index in [2.05, 4.69) is 65.4 Å². The zero-order valence-corrected chi connectivity index (χ0v) is 10.1. The molecule has 0 spiro atoms. The smallest absolute Gasteiger partial charge is 0.193 e. The maximum absolute atomic E-state index is 2.38. The zero-order chi connectivity index (χ0) is 11.9. The molecule has 1 aliphatic rings. The lowest BCUT2D eigenvalue weighted by atomic mass is 9.95. The van der Waals surface area contributed by atoms with Crippen molar-refractivity contribution < 1.29 is 4.57 Å². The van der Waals surface area contributed by atoms with E-state index in [1.807, 2.05) is 0 Å². The van der Waals surface area contributed by atoms with Gasteiger partial charge >= 0.3 is 0 Å². The Morgan fingerprint density at radius 2 is 1.56 bits per heavy atom. The molecule has 2 heterocycles. The van der Waals surface area contributed by atoms with Gasteiger partial charge in [-0.05, 0) is 17.0 Å². The Bertz CT molecular complexity index is 743. The second-order valence-electron chi connectivity index (χ2n) is 4.92. The second-order valence-corrected chi connectivity index (χ2v) is 4.92. The molecule has 0 saturated heterocycles. The molecule has 86 valence electrons. The number of hydrogen-bond donors (Lipinski definition) is 0. The quantitative estimate of drug-likeness (QED) is 0.410. The van der Waals surface area contributed by atoms with Crippen molar-refractivity contribution >= 4 is 10.8 Å². The summed E-state index contributed by atoms with van der Waals surface area (Å²) in [5.41, 5.74) is 4.35. The molecule has 2 aromatic carbocycles. The summed E-state index contributed by atoms with van der Waals surface area (Å²) in [7, 11) is 0. The normalized spacial score (nSPS) is 13.1. The summed E-state index contributed by atoms with van der Waals surface area (Å²) in [6.45, 7) is 0.996. The molecule has 0 amide bonds. The molecule has 0 saturated carbocycles. The molecular weight excluding hydrogens is 218 g/mol. The highest BCUT2D eigenvalue weighted by atomic mass is 15.0. The van der Waals surface area contributed by atoms with E-state index in [0.717, 1.165) is 13.0 Å². The first-order valence-corrected chi connectivity index (χ1v) is 6.39. The Hall–Kier alpha value is -2.15. The molecule has 1 aliphatic heterocycles. The summed E-state index contributed by atoms with van der Waals surface area (Å²) < 4.78 is 2.38. The average Bonchev–Trinajstić information content (AvgIpc) is 2.45. The van der Waals surface area contributed by atoms with Crippen molar-refractivity contribution in [2.45, 2.75) is 13.0 Å². The highest BCUT2D eigenvalue weighted by Gasteiger charge is 2.22. The van der Waals surface area contributed by atoms with Crippen molar-refractivity contribution in [3.8, 4) is 0 Å². The van der Waals surface area contributed by atoms with Crippen LogP contribution in [0.2, 0.25) is 0 Å². The third-order valence-electron chi connectivity index (χ3n) is 3.87. The van der Waals surface area contributed by atoms with Crippen LogP contribution in [0.1, 0.15) is 16.8 Å². The molecule has 0 bridgehead atoms. The Balaban J connectivity index is 1.98. The Morgan fingerprint density at radius 3 is 2.50 bits per heavy atom. The Kier molecular flexibility index (Phi) is 2.01. The van der Waals surface area contributed by atoms with E-state index in [-0.39, 0.29) is 0 Å². The van der Waals surface area contributed by atoms with Crippen LogP contribution in [0.4, 0.5) is 0 Å². The maximum atomic E-state index is 2.38. The first-order chi connectivity index (χ1) is 8.92. The van der Waals surface area contributed by atoms with E-state index in [1.54, 1.807) is 0 Å². The molecule has 1 aromatic heterocycles. The van der Waals surface area contributed by atoms with Crippen molar-refractivity contribution in [3.05, 3.63) is 77.6 Å². The van der Waals surface area contributed by atoms with Crippen molar-refractivity contribution in [3.63, 3.8) is 0 Å². The second kappa shape index (κ2) is 3.67. The molecule has 0 radical (unpaired) electrons. The molecule has 0 fully saturated rings. The van der Waals surface area contributed by atoms with Crippen LogP contribution in [0, 0.1) is 0 Å². The van der Waals surface area contributed by atoms with E-state index < -0.39 is 0 Å². The molecular formula is C17H14N+. The van der Waals surface area contributed by atoms with Gasteiger partial charge in [-0.25, -0.2) is 0 Å². The molecule has 0 atom stereocenters. The summed E-state index contributed by atoms with van der Waals surface area (Å²) in [6.07, 6.45) is 3.26. The first kappa shape index (κ1) is 9.84. The van der Waals surface area contributed by atoms with Gasteiger partial charge in [0.2, 0.25) is 0 Å². The van der Waals surface area contributed by atoms with Gasteiger partial charge in [0.05, 0.1) is 6.42 Å². The summed E-state index contributed by atoms with van der Waals surface area (Å²) in [6, 6.07) is 19.6. The number of rotatable bonds is 0. The van der Waals surface area contributed by atoms with Gasteiger partial charge in [0, 0.05) is 17.0 Å². The maximum Gasteiger partial charge on any atom is 0.193 e. The number of nitrogens with zero attached hydrogens (tertiary/aromatic N) is 1. The van der Waals surface area contributed by atoms with Crippen LogP contribution in [0.3, 0.4) is 0 Å². The number of benzene rings is 2. The van der Waals surface area contributed by atoms with E-state index in [9.17, 15) is 0 Å². The number of pyridine rings is 1. The van der Waals surface area contributed by atoms with E-state index in [1.165, 1.54) is 27.6 Å². The van der Waals surface area contributed by atoms with E-state index in [4.69, 9.17) is 0 Å². The minimum Gasteiger partial charge on any atom is -0.197 e. The predicted molar refractivity (Wildman–Crippen MR) is 72.5 cm³/mol.